The largest absolute Gasteiger partial charge is 0.490 e. The number of hydrazine groups is 1. The summed E-state index contributed by atoms with van der Waals surface area (Å²) >= 11 is 7.32. The minimum Gasteiger partial charge on any atom is -0.490 e. The third kappa shape index (κ3) is 2.63. The first-order valence-electron chi connectivity index (χ1n) is 4.90. The zero-order chi connectivity index (χ0) is 13.0. The molecule has 6 nitrogen and oxygen atoms in total. The maximum absolute atomic E-state index is 6.04. The van der Waals surface area contributed by atoms with E-state index in [1.165, 1.54) is 25.2 Å². The molecule has 0 bridgehead atoms. The molecule has 2 aromatic rings. The highest BCUT2D eigenvalue weighted by Gasteiger charge is 2.14. The number of hydrogen-bond donors (Lipinski definition) is 2. The Labute approximate surface area is 113 Å². The Morgan fingerprint density at radius 1 is 1.33 bits per heavy atom. The zero-order valence-corrected chi connectivity index (χ0v) is 11.0. The molecule has 0 aliphatic heterocycles. The van der Waals surface area contributed by atoms with Crippen molar-refractivity contribution in [2.45, 2.75) is 10.1 Å². The number of pyridine rings is 1. The van der Waals surface area contributed by atoms with Gasteiger partial charge in [-0.3, -0.25) is 0 Å². The van der Waals surface area contributed by atoms with Crippen LogP contribution < -0.4 is 16.0 Å². The fourth-order valence-electron chi connectivity index (χ4n) is 1.25. The number of nitrogens with one attached hydrogen (secondary N) is 1. The molecule has 0 aliphatic carbocycles. The number of aromatic nitrogens is 3. The lowest BCUT2D eigenvalue weighted by molar-refractivity contribution is 0.400. The van der Waals surface area contributed by atoms with Crippen molar-refractivity contribution in [3.63, 3.8) is 0 Å². The second-order valence-corrected chi connectivity index (χ2v) is 4.48. The number of rotatable bonds is 4. The second kappa shape index (κ2) is 5.85. The van der Waals surface area contributed by atoms with Gasteiger partial charge in [-0.1, -0.05) is 11.6 Å². The van der Waals surface area contributed by atoms with Gasteiger partial charge in [0.05, 0.1) is 12.1 Å². The summed E-state index contributed by atoms with van der Waals surface area (Å²) in [5.74, 6) is 6.20. The van der Waals surface area contributed by atoms with E-state index >= 15 is 0 Å². The highest BCUT2D eigenvalue weighted by molar-refractivity contribution is 7.99. The lowest BCUT2D eigenvalue weighted by atomic mass is 10.5. The average Bonchev–Trinajstić information content (AvgIpc) is 2.41. The molecule has 0 saturated heterocycles. The van der Waals surface area contributed by atoms with Crippen LogP contribution in [0, 0.1) is 0 Å². The van der Waals surface area contributed by atoms with Gasteiger partial charge in [-0.2, -0.15) is 0 Å². The first-order valence-corrected chi connectivity index (χ1v) is 6.09. The molecule has 2 rings (SSSR count). The van der Waals surface area contributed by atoms with Gasteiger partial charge in [0, 0.05) is 6.20 Å². The van der Waals surface area contributed by atoms with Gasteiger partial charge < -0.3 is 10.2 Å². The number of nitrogens with zero attached hydrogens (tertiary/aromatic N) is 3. The maximum atomic E-state index is 6.04. The van der Waals surface area contributed by atoms with E-state index < -0.39 is 0 Å². The monoisotopic (exact) mass is 283 g/mol. The van der Waals surface area contributed by atoms with Crippen LogP contribution in [0.2, 0.25) is 5.02 Å². The third-order valence-electron chi connectivity index (χ3n) is 2.03. The van der Waals surface area contributed by atoms with Crippen molar-refractivity contribution in [3.8, 4) is 5.75 Å². The van der Waals surface area contributed by atoms with Gasteiger partial charge in [0.2, 0.25) is 0 Å². The van der Waals surface area contributed by atoms with Gasteiger partial charge in [-0.15, -0.1) is 0 Å². The van der Waals surface area contributed by atoms with Crippen LogP contribution in [0.4, 0.5) is 5.82 Å². The highest BCUT2D eigenvalue weighted by Crippen LogP contribution is 2.37. The van der Waals surface area contributed by atoms with Crippen molar-refractivity contribution in [2.75, 3.05) is 12.5 Å². The smallest absolute Gasteiger partial charge is 0.195 e. The summed E-state index contributed by atoms with van der Waals surface area (Å²) in [6.07, 6.45) is 3.04. The van der Waals surface area contributed by atoms with Gasteiger partial charge >= 0.3 is 0 Å². The van der Waals surface area contributed by atoms with Gasteiger partial charge in [-0.05, 0) is 23.9 Å². The molecule has 18 heavy (non-hydrogen) atoms. The first kappa shape index (κ1) is 12.9. The lowest BCUT2D eigenvalue weighted by Gasteiger charge is -2.10. The summed E-state index contributed by atoms with van der Waals surface area (Å²) in [5, 5.41) is 1.77. The lowest BCUT2D eigenvalue weighted by Crippen LogP contribution is -2.10. The standard InChI is InChI=1S/C10H10ClN5OS/c1-17-7-8(16-12)14-5-15-10(7)18-9-6(11)3-2-4-13-9/h2-5H,12H2,1H3,(H,14,15,16). The van der Waals surface area contributed by atoms with Gasteiger partial charge in [-0.25, -0.2) is 20.8 Å². The van der Waals surface area contributed by atoms with E-state index in [-0.39, 0.29) is 0 Å². The number of anilines is 1. The Morgan fingerprint density at radius 2 is 2.17 bits per heavy atom. The molecule has 3 N–H and O–H groups in total. The maximum Gasteiger partial charge on any atom is 0.195 e. The number of hydrogen-bond acceptors (Lipinski definition) is 7. The van der Waals surface area contributed by atoms with E-state index in [1.54, 1.807) is 18.3 Å². The van der Waals surface area contributed by atoms with Crippen molar-refractivity contribution in [1.82, 2.24) is 15.0 Å². The molecule has 0 radical (unpaired) electrons. The quantitative estimate of drug-likeness (QED) is 0.504. The SMILES string of the molecule is COc1c(NN)ncnc1Sc1ncccc1Cl. The Bertz CT molecular complexity index is 554. The first-order chi connectivity index (χ1) is 8.76. The molecule has 0 atom stereocenters. The van der Waals surface area contributed by atoms with E-state index in [0.29, 0.717) is 26.6 Å². The number of methoxy groups -OCH3 is 1. The van der Waals surface area contributed by atoms with Crippen LogP contribution in [-0.4, -0.2) is 22.1 Å². The number of halogens is 1. The van der Waals surface area contributed by atoms with Crippen LogP contribution in [0.3, 0.4) is 0 Å². The summed E-state index contributed by atoms with van der Waals surface area (Å²) in [5.41, 5.74) is 2.44. The predicted molar refractivity (Wildman–Crippen MR) is 69.8 cm³/mol. The third-order valence-corrected chi connectivity index (χ3v) is 3.45. The van der Waals surface area contributed by atoms with Gasteiger partial charge in [0.15, 0.2) is 16.6 Å². The van der Waals surface area contributed by atoms with Crippen molar-refractivity contribution < 1.29 is 4.74 Å². The van der Waals surface area contributed by atoms with Crippen LogP contribution in [0.1, 0.15) is 0 Å². The Kier molecular flexibility index (Phi) is 4.19. The highest BCUT2D eigenvalue weighted by atomic mass is 35.5. The second-order valence-electron chi connectivity index (χ2n) is 3.10. The number of ether oxygens (including phenoxy) is 1. The summed E-state index contributed by atoms with van der Waals surface area (Å²) in [6.45, 7) is 0. The molecule has 2 aromatic heterocycles. The molecule has 2 heterocycles. The van der Waals surface area contributed by atoms with Gasteiger partial charge in [0.1, 0.15) is 11.4 Å². The minimum absolute atomic E-state index is 0.405. The van der Waals surface area contributed by atoms with E-state index in [9.17, 15) is 0 Å². The van der Waals surface area contributed by atoms with Crippen LogP contribution in [-0.2, 0) is 0 Å². The molecule has 0 saturated carbocycles. The summed E-state index contributed by atoms with van der Waals surface area (Å²) in [6, 6.07) is 3.52. The van der Waals surface area contributed by atoms with Crippen molar-refractivity contribution in [3.05, 3.63) is 29.7 Å². The molecule has 0 aromatic carbocycles. The summed E-state index contributed by atoms with van der Waals surface area (Å²) < 4.78 is 5.22. The molecule has 0 amide bonds. The van der Waals surface area contributed by atoms with E-state index in [0.717, 1.165) is 0 Å². The molecule has 94 valence electrons. The molecule has 0 aliphatic rings. The van der Waals surface area contributed by atoms with Crippen LogP contribution >= 0.6 is 23.4 Å². The molecular formula is C10H10ClN5OS. The van der Waals surface area contributed by atoms with Crippen molar-refractivity contribution in [2.24, 2.45) is 5.84 Å². The fourth-order valence-corrected chi connectivity index (χ4v) is 2.33. The molecule has 8 heteroatoms. The average molecular weight is 284 g/mol. The van der Waals surface area contributed by atoms with Crippen LogP contribution in [0.25, 0.3) is 0 Å². The Balaban J connectivity index is 2.37. The van der Waals surface area contributed by atoms with Crippen molar-refractivity contribution in [1.29, 1.82) is 0 Å². The van der Waals surface area contributed by atoms with Crippen LogP contribution in [0.5, 0.6) is 5.75 Å². The number of nitrogen functional groups attached to an aromatic ring is 1. The minimum atomic E-state index is 0.405. The molecular weight excluding hydrogens is 274 g/mol. The summed E-state index contributed by atoms with van der Waals surface area (Å²) in [7, 11) is 1.52. The Hall–Kier alpha value is -1.57. The topological polar surface area (TPSA) is 86.0 Å². The molecule has 0 spiro atoms. The molecule has 0 unspecified atom stereocenters. The van der Waals surface area contributed by atoms with E-state index in [4.69, 9.17) is 22.2 Å². The summed E-state index contributed by atoms with van der Waals surface area (Å²) in [4.78, 5) is 12.2. The zero-order valence-electron chi connectivity index (χ0n) is 9.42. The number of nitrogens with two attached hydrogens (primary N) is 1. The normalized spacial score (nSPS) is 10.2. The molecule has 0 fully saturated rings. The van der Waals surface area contributed by atoms with Gasteiger partial charge in [0.25, 0.3) is 0 Å². The van der Waals surface area contributed by atoms with E-state index in [1.807, 2.05) is 0 Å². The fraction of sp³-hybridized carbons (Fsp3) is 0.100. The van der Waals surface area contributed by atoms with E-state index in [2.05, 4.69) is 20.4 Å². The van der Waals surface area contributed by atoms with Crippen LogP contribution in [0.15, 0.2) is 34.7 Å². The predicted octanol–water partition coefficient (Wildman–Crippen LogP) is 1.97. The van der Waals surface area contributed by atoms with Crippen molar-refractivity contribution >= 4 is 29.2 Å². The Morgan fingerprint density at radius 3 is 2.83 bits per heavy atom.